The van der Waals surface area contributed by atoms with Gasteiger partial charge in [-0.15, -0.1) is 0 Å². The minimum absolute atomic E-state index is 0.214. The molecule has 0 aliphatic heterocycles. The molecule has 0 heterocycles. The van der Waals surface area contributed by atoms with Crippen LogP contribution in [0.25, 0.3) is 0 Å². The van der Waals surface area contributed by atoms with Gasteiger partial charge in [0.1, 0.15) is 5.82 Å². The lowest BCUT2D eigenvalue weighted by Crippen LogP contribution is -1.97. The Morgan fingerprint density at radius 2 is 1.95 bits per heavy atom. The van der Waals surface area contributed by atoms with E-state index in [4.69, 9.17) is 0 Å². The summed E-state index contributed by atoms with van der Waals surface area (Å²) >= 11 is 0. The molecule has 4 heteroatoms. The van der Waals surface area contributed by atoms with Crippen LogP contribution in [-0.2, 0) is 0 Å². The van der Waals surface area contributed by atoms with Crippen LogP contribution in [0.15, 0.2) is 60.8 Å². The van der Waals surface area contributed by atoms with Gasteiger partial charge in [0.15, 0.2) is 5.78 Å². The van der Waals surface area contributed by atoms with Crippen LogP contribution in [0.5, 0.6) is 0 Å². The third-order valence-electron chi connectivity index (χ3n) is 2.98. The van der Waals surface area contributed by atoms with E-state index in [0.717, 1.165) is 11.3 Å². The van der Waals surface area contributed by atoms with E-state index in [1.807, 2.05) is 18.2 Å². The Kier molecular flexibility index (Phi) is 4.85. The molecule has 2 aromatic carbocycles. The number of nitrogens with one attached hydrogen (secondary N) is 1. The second kappa shape index (κ2) is 6.81. The molecule has 0 saturated carbocycles. The second-order valence-corrected chi connectivity index (χ2v) is 4.65. The summed E-state index contributed by atoms with van der Waals surface area (Å²) in [4.78, 5) is 11.8. The number of benzene rings is 2. The summed E-state index contributed by atoms with van der Waals surface area (Å²) in [6.45, 7) is 1.69. The molecular weight excluding hydrogens is 269 g/mol. The molecular formula is C17H16FNO2. The van der Waals surface area contributed by atoms with E-state index in [1.54, 1.807) is 13.0 Å². The van der Waals surface area contributed by atoms with Crippen molar-refractivity contribution in [2.24, 2.45) is 0 Å². The molecule has 0 fully saturated rings. The summed E-state index contributed by atoms with van der Waals surface area (Å²) in [7, 11) is 0. The number of anilines is 1. The number of ketones is 1. The summed E-state index contributed by atoms with van der Waals surface area (Å²) < 4.78 is 12.8. The molecule has 0 aliphatic rings. The molecule has 0 aromatic heterocycles. The highest BCUT2D eigenvalue weighted by Gasteiger charge is 2.02. The lowest BCUT2D eigenvalue weighted by atomic mass is 10.1. The Labute approximate surface area is 122 Å². The Balaban J connectivity index is 2.00. The van der Waals surface area contributed by atoms with Gasteiger partial charge in [-0.2, -0.15) is 0 Å². The first-order valence-corrected chi connectivity index (χ1v) is 6.57. The van der Waals surface area contributed by atoms with Crippen LogP contribution in [0.4, 0.5) is 10.1 Å². The van der Waals surface area contributed by atoms with Crippen LogP contribution in [0.1, 0.15) is 28.9 Å². The molecule has 0 radical (unpaired) electrons. The van der Waals surface area contributed by atoms with Crippen LogP contribution in [0.2, 0.25) is 0 Å². The molecule has 0 aliphatic carbocycles. The average molecular weight is 285 g/mol. The van der Waals surface area contributed by atoms with E-state index in [2.05, 4.69) is 5.32 Å². The van der Waals surface area contributed by atoms with Gasteiger partial charge in [0.25, 0.3) is 0 Å². The van der Waals surface area contributed by atoms with Crippen molar-refractivity contribution in [3.63, 3.8) is 0 Å². The third-order valence-corrected chi connectivity index (χ3v) is 2.98. The predicted molar refractivity (Wildman–Crippen MR) is 80.6 cm³/mol. The van der Waals surface area contributed by atoms with Crippen LogP contribution >= 0.6 is 0 Å². The predicted octanol–water partition coefficient (Wildman–Crippen LogP) is 3.69. The topological polar surface area (TPSA) is 49.3 Å². The van der Waals surface area contributed by atoms with Crippen LogP contribution < -0.4 is 5.32 Å². The zero-order chi connectivity index (χ0) is 15.2. The van der Waals surface area contributed by atoms with Gasteiger partial charge < -0.3 is 10.4 Å². The molecule has 3 nitrogen and oxygen atoms in total. The molecule has 108 valence electrons. The van der Waals surface area contributed by atoms with Gasteiger partial charge in [0, 0.05) is 23.5 Å². The van der Waals surface area contributed by atoms with Gasteiger partial charge >= 0.3 is 0 Å². The second-order valence-electron chi connectivity index (χ2n) is 4.65. The Hall–Kier alpha value is -2.46. The number of hydrogen-bond acceptors (Lipinski definition) is 3. The van der Waals surface area contributed by atoms with Crippen molar-refractivity contribution in [3.8, 4) is 0 Å². The Morgan fingerprint density at radius 1 is 1.24 bits per heavy atom. The molecule has 2 aromatic rings. The number of rotatable bonds is 5. The zero-order valence-corrected chi connectivity index (χ0v) is 11.6. The maximum atomic E-state index is 12.8. The van der Waals surface area contributed by atoms with Gasteiger partial charge in [-0.05, 0) is 48.9 Å². The van der Waals surface area contributed by atoms with E-state index in [-0.39, 0.29) is 11.6 Å². The summed E-state index contributed by atoms with van der Waals surface area (Å²) in [5.41, 5.74) is 1.99. The maximum absolute atomic E-state index is 12.8. The molecule has 1 atom stereocenters. The van der Waals surface area contributed by atoms with Gasteiger partial charge in [-0.3, -0.25) is 4.79 Å². The van der Waals surface area contributed by atoms with E-state index < -0.39 is 6.10 Å². The van der Waals surface area contributed by atoms with Crippen molar-refractivity contribution in [2.45, 2.75) is 13.0 Å². The lowest BCUT2D eigenvalue weighted by molar-refractivity contribution is 0.104. The average Bonchev–Trinajstić information content (AvgIpc) is 2.48. The van der Waals surface area contributed by atoms with E-state index in [9.17, 15) is 14.3 Å². The standard InChI is InChI=1S/C17H16FNO2/c1-12(20)14-3-2-4-16(11-14)19-10-9-17(21)13-5-7-15(18)8-6-13/h2-12,19-20H,1H3/b10-9+/t12-/m1/s1. The summed E-state index contributed by atoms with van der Waals surface area (Å²) in [5.74, 6) is -0.585. The quantitative estimate of drug-likeness (QED) is 0.650. The first-order valence-electron chi connectivity index (χ1n) is 6.57. The molecule has 2 N–H and O–H groups in total. The highest BCUT2D eigenvalue weighted by Crippen LogP contribution is 2.17. The van der Waals surface area contributed by atoms with Gasteiger partial charge in [-0.1, -0.05) is 12.1 Å². The number of aliphatic hydroxyl groups is 1. The molecule has 0 amide bonds. The number of aliphatic hydroxyl groups excluding tert-OH is 1. The maximum Gasteiger partial charge on any atom is 0.187 e. The van der Waals surface area contributed by atoms with Gasteiger partial charge in [0.05, 0.1) is 6.10 Å². The molecule has 0 saturated heterocycles. The first kappa shape index (κ1) is 14.9. The van der Waals surface area contributed by atoms with E-state index in [1.165, 1.54) is 36.5 Å². The fourth-order valence-corrected chi connectivity index (χ4v) is 1.81. The fraction of sp³-hybridized carbons (Fsp3) is 0.118. The Morgan fingerprint density at radius 3 is 2.62 bits per heavy atom. The van der Waals surface area contributed by atoms with Crippen LogP contribution in [0, 0.1) is 5.82 Å². The summed E-state index contributed by atoms with van der Waals surface area (Å²) in [5, 5.41) is 12.5. The van der Waals surface area contributed by atoms with Crippen LogP contribution in [0.3, 0.4) is 0 Å². The highest BCUT2D eigenvalue weighted by molar-refractivity contribution is 6.04. The zero-order valence-electron chi connectivity index (χ0n) is 11.6. The van der Waals surface area contributed by atoms with E-state index in [0.29, 0.717) is 5.56 Å². The monoisotopic (exact) mass is 285 g/mol. The number of carbonyl (C=O) groups is 1. The Bertz CT molecular complexity index is 648. The minimum atomic E-state index is -0.545. The largest absolute Gasteiger partial charge is 0.389 e. The van der Waals surface area contributed by atoms with Crippen molar-refractivity contribution in [1.82, 2.24) is 0 Å². The van der Waals surface area contributed by atoms with Crippen molar-refractivity contribution in [2.75, 3.05) is 5.32 Å². The van der Waals surface area contributed by atoms with E-state index >= 15 is 0 Å². The summed E-state index contributed by atoms with van der Waals surface area (Å²) in [6, 6.07) is 12.7. The normalized spacial score (nSPS) is 12.3. The highest BCUT2D eigenvalue weighted by atomic mass is 19.1. The number of halogens is 1. The fourth-order valence-electron chi connectivity index (χ4n) is 1.81. The molecule has 2 rings (SSSR count). The lowest BCUT2D eigenvalue weighted by Gasteiger charge is -2.07. The molecule has 0 unspecified atom stereocenters. The minimum Gasteiger partial charge on any atom is -0.389 e. The number of allylic oxidation sites excluding steroid dienone is 1. The van der Waals surface area contributed by atoms with Crippen LogP contribution in [-0.4, -0.2) is 10.9 Å². The summed E-state index contributed by atoms with van der Waals surface area (Å²) in [6.07, 6.45) is 2.35. The van der Waals surface area contributed by atoms with Crippen molar-refractivity contribution in [3.05, 3.63) is 77.8 Å². The van der Waals surface area contributed by atoms with Crippen molar-refractivity contribution in [1.29, 1.82) is 0 Å². The molecule has 21 heavy (non-hydrogen) atoms. The number of carbonyl (C=O) groups excluding carboxylic acids is 1. The molecule has 0 spiro atoms. The van der Waals surface area contributed by atoms with Gasteiger partial charge in [-0.25, -0.2) is 4.39 Å². The third kappa shape index (κ3) is 4.26. The SMILES string of the molecule is C[C@@H](O)c1cccc(N/C=C/C(=O)c2ccc(F)cc2)c1. The number of hydrogen-bond donors (Lipinski definition) is 2. The van der Waals surface area contributed by atoms with Crippen molar-refractivity contribution >= 4 is 11.5 Å². The molecule has 0 bridgehead atoms. The van der Waals surface area contributed by atoms with Gasteiger partial charge in [0.2, 0.25) is 0 Å². The smallest absolute Gasteiger partial charge is 0.187 e. The van der Waals surface area contributed by atoms with Crippen molar-refractivity contribution < 1.29 is 14.3 Å². The first-order chi connectivity index (χ1) is 10.1.